The van der Waals surface area contributed by atoms with E-state index in [-0.39, 0.29) is 11.9 Å². The smallest absolute Gasteiger partial charge is 0.223 e. The van der Waals surface area contributed by atoms with Crippen molar-refractivity contribution in [1.82, 2.24) is 0 Å². The molecule has 1 atom stereocenters. The lowest BCUT2D eigenvalue weighted by Gasteiger charge is -2.32. The maximum Gasteiger partial charge on any atom is 0.223 e. The molecule has 0 saturated heterocycles. The van der Waals surface area contributed by atoms with Crippen molar-refractivity contribution < 1.29 is 4.79 Å². The highest BCUT2D eigenvalue weighted by atomic mass is 16.2. The van der Waals surface area contributed by atoms with E-state index in [1.807, 2.05) is 4.90 Å². The zero-order valence-electron chi connectivity index (χ0n) is 12.4. The number of benzene rings is 1. The van der Waals surface area contributed by atoms with Gasteiger partial charge in [0.2, 0.25) is 5.91 Å². The quantitative estimate of drug-likeness (QED) is 0.892. The molecule has 20 heavy (non-hydrogen) atoms. The third kappa shape index (κ3) is 2.18. The molecule has 1 aromatic carbocycles. The van der Waals surface area contributed by atoms with Crippen LogP contribution in [-0.2, 0) is 17.6 Å². The van der Waals surface area contributed by atoms with E-state index in [2.05, 4.69) is 24.0 Å². The summed E-state index contributed by atoms with van der Waals surface area (Å²) in [5.41, 5.74) is 11.2. The first-order chi connectivity index (χ1) is 9.58. The van der Waals surface area contributed by atoms with Crippen LogP contribution in [0.3, 0.4) is 0 Å². The SMILES string of the molecule is CC(=O)N1CCCc2c1ccc1c2N(C[C@H](C)N)CC1. The Bertz CT molecular complexity index is 539. The monoisotopic (exact) mass is 273 g/mol. The largest absolute Gasteiger partial charge is 0.369 e. The first-order valence-electron chi connectivity index (χ1n) is 7.51. The van der Waals surface area contributed by atoms with Crippen LogP contribution >= 0.6 is 0 Å². The molecular formula is C16H23N3O. The van der Waals surface area contributed by atoms with Gasteiger partial charge in [0, 0.05) is 44.0 Å². The fourth-order valence-corrected chi connectivity index (χ4v) is 3.53. The maximum absolute atomic E-state index is 11.8. The lowest BCUT2D eigenvalue weighted by atomic mass is 9.96. The van der Waals surface area contributed by atoms with E-state index in [0.29, 0.717) is 0 Å². The molecule has 0 aromatic heterocycles. The summed E-state index contributed by atoms with van der Waals surface area (Å²) in [4.78, 5) is 16.1. The minimum absolute atomic E-state index is 0.141. The summed E-state index contributed by atoms with van der Waals surface area (Å²) in [6, 6.07) is 4.49. The molecule has 3 rings (SSSR count). The van der Waals surface area contributed by atoms with Gasteiger partial charge in [-0.1, -0.05) is 6.07 Å². The molecule has 1 amide bonds. The van der Waals surface area contributed by atoms with Gasteiger partial charge in [0.25, 0.3) is 0 Å². The molecule has 2 aliphatic rings. The van der Waals surface area contributed by atoms with E-state index in [4.69, 9.17) is 5.73 Å². The van der Waals surface area contributed by atoms with E-state index in [1.165, 1.54) is 16.8 Å². The molecule has 0 spiro atoms. The van der Waals surface area contributed by atoms with Gasteiger partial charge in [0.15, 0.2) is 0 Å². The van der Waals surface area contributed by atoms with Crippen LogP contribution in [0.2, 0.25) is 0 Å². The normalized spacial score (nSPS) is 18.8. The molecule has 0 aliphatic carbocycles. The molecule has 0 bridgehead atoms. The highest BCUT2D eigenvalue weighted by molar-refractivity contribution is 5.94. The van der Waals surface area contributed by atoms with Gasteiger partial charge in [0.1, 0.15) is 0 Å². The van der Waals surface area contributed by atoms with Crippen LogP contribution in [0.4, 0.5) is 11.4 Å². The van der Waals surface area contributed by atoms with E-state index in [9.17, 15) is 4.79 Å². The summed E-state index contributed by atoms with van der Waals surface area (Å²) < 4.78 is 0. The molecule has 0 unspecified atom stereocenters. The van der Waals surface area contributed by atoms with Gasteiger partial charge in [-0.15, -0.1) is 0 Å². The Balaban J connectivity index is 2.04. The van der Waals surface area contributed by atoms with Crippen LogP contribution in [0.1, 0.15) is 31.4 Å². The number of fused-ring (bicyclic) bond motifs is 3. The fourth-order valence-electron chi connectivity index (χ4n) is 3.53. The van der Waals surface area contributed by atoms with Crippen LogP contribution in [0.15, 0.2) is 12.1 Å². The number of carbonyl (C=O) groups excluding carboxylic acids is 1. The third-order valence-electron chi connectivity index (χ3n) is 4.30. The number of nitrogens with zero attached hydrogens (tertiary/aromatic N) is 2. The van der Waals surface area contributed by atoms with Gasteiger partial charge in [0.05, 0.1) is 0 Å². The number of hydrogen-bond acceptors (Lipinski definition) is 3. The minimum atomic E-state index is 0.141. The number of anilines is 2. The first kappa shape index (κ1) is 13.4. The molecule has 2 heterocycles. The number of nitrogens with two attached hydrogens (primary N) is 1. The van der Waals surface area contributed by atoms with E-state index >= 15 is 0 Å². The Morgan fingerprint density at radius 1 is 1.35 bits per heavy atom. The molecule has 4 heteroatoms. The van der Waals surface area contributed by atoms with Crippen molar-refractivity contribution in [2.45, 2.75) is 39.2 Å². The van der Waals surface area contributed by atoms with Crippen LogP contribution < -0.4 is 15.5 Å². The average Bonchev–Trinajstić information content (AvgIpc) is 2.80. The summed E-state index contributed by atoms with van der Waals surface area (Å²) >= 11 is 0. The van der Waals surface area contributed by atoms with E-state index in [1.54, 1.807) is 6.92 Å². The standard InChI is InChI=1S/C16H23N3O/c1-11(17)10-18-9-7-13-5-6-15-14(16(13)18)4-3-8-19(15)12(2)20/h5-6,11H,3-4,7-10,17H2,1-2H3/t11-/m0/s1. The molecule has 2 N–H and O–H groups in total. The van der Waals surface area contributed by atoms with Crippen molar-refractivity contribution in [3.63, 3.8) is 0 Å². The lowest BCUT2D eigenvalue weighted by molar-refractivity contribution is -0.116. The molecule has 108 valence electrons. The zero-order valence-corrected chi connectivity index (χ0v) is 12.4. The average molecular weight is 273 g/mol. The topological polar surface area (TPSA) is 49.6 Å². The molecule has 2 aliphatic heterocycles. The summed E-state index contributed by atoms with van der Waals surface area (Å²) in [7, 11) is 0. The number of amides is 1. The van der Waals surface area contributed by atoms with Gasteiger partial charge in [-0.3, -0.25) is 4.79 Å². The Morgan fingerprint density at radius 3 is 2.85 bits per heavy atom. The van der Waals surface area contributed by atoms with Crippen LogP contribution in [-0.4, -0.2) is 31.6 Å². The highest BCUT2D eigenvalue weighted by Crippen LogP contribution is 2.40. The Kier molecular flexibility index (Phi) is 3.42. The minimum Gasteiger partial charge on any atom is -0.369 e. The summed E-state index contributed by atoms with van der Waals surface area (Å²) in [5, 5.41) is 0. The second-order valence-electron chi connectivity index (χ2n) is 6.02. The van der Waals surface area contributed by atoms with Crippen LogP contribution in [0.25, 0.3) is 0 Å². The van der Waals surface area contributed by atoms with Gasteiger partial charge < -0.3 is 15.5 Å². The van der Waals surface area contributed by atoms with E-state index in [0.717, 1.165) is 44.6 Å². The predicted molar refractivity (Wildman–Crippen MR) is 82.4 cm³/mol. The second-order valence-corrected chi connectivity index (χ2v) is 6.02. The van der Waals surface area contributed by atoms with Gasteiger partial charge in [-0.2, -0.15) is 0 Å². The Hall–Kier alpha value is -1.55. The van der Waals surface area contributed by atoms with Crippen molar-refractivity contribution in [3.8, 4) is 0 Å². The maximum atomic E-state index is 11.8. The molecular weight excluding hydrogens is 250 g/mol. The van der Waals surface area contributed by atoms with Crippen LogP contribution in [0.5, 0.6) is 0 Å². The molecule has 1 aromatic rings. The van der Waals surface area contributed by atoms with Crippen molar-refractivity contribution >= 4 is 17.3 Å². The van der Waals surface area contributed by atoms with Gasteiger partial charge >= 0.3 is 0 Å². The molecule has 0 saturated carbocycles. The van der Waals surface area contributed by atoms with Crippen molar-refractivity contribution in [3.05, 3.63) is 23.3 Å². The molecule has 0 fully saturated rings. The third-order valence-corrected chi connectivity index (χ3v) is 4.30. The highest BCUT2D eigenvalue weighted by Gasteiger charge is 2.29. The fraction of sp³-hybridized carbons (Fsp3) is 0.562. The van der Waals surface area contributed by atoms with Crippen molar-refractivity contribution in [1.29, 1.82) is 0 Å². The Labute approximate surface area is 120 Å². The zero-order chi connectivity index (χ0) is 14.3. The van der Waals surface area contributed by atoms with Crippen molar-refractivity contribution in [2.75, 3.05) is 29.4 Å². The Morgan fingerprint density at radius 2 is 2.15 bits per heavy atom. The first-order valence-corrected chi connectivity index (χ1v) is 7.51. The number of hydrogen-bond donors (Lipinski definition) is 1. The van der Waals surface area contributed by atoms with Crippen LogP contribution in [0, 0.1) is 0 Å². The number of carbonyl (C=O) groups is 1. The number of rotatable bonds is 2. The predicted octanol–water partition coefficient (Wildman–Crippen LogP) is 1.70. The molecule has 4 nitrogen and oxygen atoms in total. The lowest BCUT2D eigenvalue weighted by Crippen LogP contribution is -2.37. The van der Waals surface area contributed by atoms with E-state index < -0.39 is 0 Å². The van der Waals surface area contributed by atoms with Gasteiger partial charge in [-0.05, 0) is 43.4 Å². The molecule has 0 radical (unpaired) electrons. The van der Waals surface area contributed by atoms with Crippen molar-refractivity contribution in [2.24, 2.45) is 5.73 Å². The van der Waals surface area contributed by atoms with Gasteiger partial charge in [-0.25, -0.2) is 0 Å². The summed E-state index contributed by atoms with van der Waals surface area (Å²) in [5.74, 6) is 0.141. The second kappa shape index (κ2) is 5.09. The summed E-state index contributed by atoms with van der Waals surface area (Å²) in [6.07, 6.45) is 3.21. The summed E-state index contributed by atoms with van der Waals surface area (Å²) in [6.45, 7) is 6.49.